The van der Waals surface area contributed by atoms with Crippen molar-refractivity contribution in [2.45, 2.75) is 84.5 Å². The van der Waals surface area contributed by atoms with Gasteiger partial charge in [0.15, 0.2) is 0 Å². The minimum Gasteiger partial charge on any atom is -0.481 e. The molecule has 0 aromatic carbocycles. The van der Waals surface area contributed by atoms with E-state index >= 15 is 0 Å². The van der Waals surface area contributed by atoms with Crippen molar-refractivity contribution in [3.05, 3.63) is 12.2 Å². The molecule has 0 rings (SSSR count). The van der Waals surface area contributed by atoms with E-state index in [1.165, 1.54) is 12.2 Å². The molecule has 11 nitrogen and oxygen atoms in total. The highest BCUT2D eigenvalue weighted by Gasteiger charge is 2.40. The standard InChI is InChI=1S/C22H35NO10/c1-21(2,3)32-19(29)23(20(30)33-22(4,5)6)15(18(28)31-7)11-9-8-10-14(17(26)27)12-13-16(24)25/h8,10,14-15H,9,11-13H2,1-7H3,(H,24,25)(H,26,27)/b10-8+/t14-,15-/m0/s1. The molecule has 2 atom stereocenters. The zero-order valence-corrected chi connectivity index (χ0v) is 20.2. The summed E-state index contributed by atoms with van der Waals surface area (Å²) in [7, 11) is 1.10. The van der Waals surface area contributed by atoms with Crippen LogP contribution in [0.3, 0.4) is 0 Å². The number of amides is 2. The Balaban J connectivity index is 5.73. The predicted molar refractivity (Wildman–Crippen MR) is 116 cm³/mol. The number of carbonyl (C=O) groups excluding carboxylic acids is 3. The molecule has 0 aromatic heterocycles. The van der Waals surface area contributed by atoms with Crippen LogP contribution in [0.4, 0.5) is 9.59 Å². The maximum absolute atomic E-state index is 12.8. The number of esters is 1. The Bertz CT molecular complexity index is 717. The third-order valence-corrected chi connectivity index (χ3v) is 3.93. The van der Waals surface area contributed by atoms with E-state index in [0.717, 1.165) is 7.11 Å². The van der Waals surface area contributed by atoms with E-state index in [0.29, 0.717) is 4.90 Å². The first kappa shape index (κ1) is 29.9. The Kier molecular flexibility index (Phi) is 11.6. The van der Waals surface area contributed by atoms with Gasteiger partial charge in [-0.2, -0.15) is 4.90 Å². The second kappa shape index (κ2) is 12.8. The lowest BCUT2D eigenvalue weighted by Gasteiger charge is -2.32. The summed E-state index contributed by atoms with van der Waals surface area (Å²) in [4.78, 5) is 60.5. The number of rotatable bonds is 10. The monoisotopic (exact) mass is 473 g/mol. The van der Waals surface area contributed by atoms with Crippen molar-refractivity contribution in [3.8, 4) is 0 Å². The van der Waals surface area contributed by atoms with Crippen LogP contribution in [0.25, 0.3) is 0 Å². The van der Waals surface area contributed by atoms with Gasteiger partial charge in [0.25, 0.3) is 0 Å². The van der Waals surface area contributed by atoms with Gasteiger partial charge in [0.2, 0.25) is 0 Å². The van der Waals surface area contributed by atoms with Crippen molar-refractivity contribution in [3.63, 3.8) is 0 Å². The molecule has 2 N–H and O–H groups in total. The van der Waals surface area contributed by atoms with Crippen molar-refractivity contribution in [1.29, 1.82) is 0 Å². The number of methoxy groups -OCH3 is 1. The molecular weight excluding hydrogens is 438 g/mol. The molecule has 0 fully saturated rings. The second-order valence-electron chi connectivity index (χ2n) is 9.25. The van der Waals surface area contributed by atoms with Crippen LogP contribution >= 0.6 is 0 Å². The quantitative estimate of drug-likeness (QED) is 0.273. The van der Waals surface area contributed by atoms with Crippen LogP contribution in [-0.2, 0) is 28.6 Å². The van der Waals surface area contributed by atoms with Gasteiger partial charge in [0.05, 0.1) is 13.0 Å². The highest BCUT2D eigenvalue weighted by atomic mass is 16.6. The molecular formula is C22H35NO10. The summed E-state index contributed by atoms with van der Waals surface area (Å²) in [6, 6.07) is -1.40. The smallest absolute Gasteiger partial charge is 0.420 e. The van der Waals surface area contributed by atoms with E-state index in [1.807, 2.05) is 0 Å². The van der Waals surface area contributed by atoms with Crippen molar-refractivity contribution < 1.29 is 48.4 Å². The van der Waals surface area contributed by atoms with E-state index in [2.05, 4.69) is 0 Å². The Labute approximate surface area is 193 Å². The molecule has 0 saturated carbocycles. The number of ether oxygens (including phenoxy) is 3. The number of carbonyl (C=O) groups is 5. The van der Waals surface area contributed by atoms with Crippen LogP contribution in [0, 0.1) is 5.92 Å². The largest absolute Gasteiger partial charge is 0.481 e. The van der Waals surface area contributed by atoms with Crippen LogP contribution in [-0.4, -0.2) is 69.6 Å². The number of carboxylic acids is 2. The van der Waals surface area contributed by atoms with Crippen LogP contribution in [0.2, 0.25) is 0 Å². The fraction of sp³-hybridized carbons (Fsp3) is 0.682. The molecule has 33 heavy (non-hydrogen) atoms. The Hall–Kier alpha value is -3.11. The van der Waals surface area contributed by atoms with Gasteiger partial charge in [-0.25, -0.2) is 14.4 Å². The number of hydrogen-bond acceptors (Lipinski definition) is 8. The van der Waals surface area contributed by atoms with Crippen LogP contribution in [0.15, 0.2) is 12.2 Å². The average Bonchev–Trinajstić information content (AvgIpc) is 2.61. The van der Waals surface area contributed by atoms with Gasteiger partial charge >= 0.3 is 30.1 Å². The lowest BCUT2D eigenvalue weighted by molar-refractivity contribution is -0.147. The molecule has 2 amide bonds. The lowest BCUT2D eigenvalue weighted by Crippen LogP contribution is -2.52. The van der Waals surface area contributed by atoms with Gasteiger partial charge in [-0.1, -0.05) is 12.2 Å². The summed E-state index contributed by atoms with van der Waals surface area (Å²) in [6.07, 6.45) is 0.109. The molecule has 0 aromatic rings. The topological polar surface area (TPSA) is 157 Å². The second-order valence-corrected chi connectivity index (χ2v) is 9.25. The van der Waals surface area contributed by atoms with Gasteiger partial charge in [0, 0.05) is 6.42 Å². The molecule has 0 aliphatic rings. The normalized spacial score (nSPS) is 13.7. The van der Waals surface area contributed by atoms with Crippen molar-refractivity contribution in [2.75, 3.05) is 7.11 Å². The van der Waals surface area contributed by atoms with E-state index < -0.39 is 53.3 Å². The van der Waals surface area contributed by atoms with Crippen molar-refractivity contribution in [1.82, 2.24) is 4.90 Å². The molecule has 188 valence electrons. The summed E-state index contributed by atoms with van der Waals surface area (Å²) in [5.41, 5.74) is -1.92. The first-order valence-electron chi connectivity index (χ1n) is 10.4. The van der Waals surface area contributed by atoms with E-state index in [4.69, 9.17) is 19.3 Å². The predicted octanol–water partition coefficient (Wildman–Crippen LogP) is 3.60. The van der Waals surface area contributed by atoms with Crippen LogP contribution < -0.4 is 0 Å². The molecule has 0 unspecified atom stereocenters. The summed E-state index contributed by atoms with van der Waals surface area (Å²) >= 11 is 0. The van der Waals surface area contributed by atoms with Crippen molar-refractivity contribution in [2.24, 2.45) is 5.92 Å². The molecule has 0 spiro atoms. The third kappa shape index (κ3) is 12.5. The van der Waals surface area contributed by atoms with Gasteiger partial charge in [-0.15, -0.1) is 0 Å². The highest BCUT2D eigenvalue weighted by Crippen LogP contribution is 2.20. The molecule has 11 heteroatoms. The number of nitrogens with zero attached hydrogens (tertiary/aromatic N) is 1. The molecule has 0 heterocycles. The van der Waals surface area contributed by atoms with E-state index in [-0.39, 0.29) is 25.7 Å². The SMILES string of the molecule is COC(=O)[C@H](CC/C=C/[C@@H](CCC(=O)O)C(=O)O)N(C(=O)OC(C)(C)C)C(=O)OC(C)(C)C. The molecule has 0 radical (unpaired) electrons. The molecule has 0 aliphatic heterocycles. The number of hydrogen-bond donors (Lipinski definition) is 2. The first-order chi connectivity index (χ1) is 15.0. The molecule has 0 aliphatic carbocycles. The number of allylic oxidation sites excluding steroid dienone is 1. The summed E-state index contributed by atoms with van der Waals surface area (Å²) < 4.78 is 15.3. The number of imide groups is 1. The fourth-order valence-electron chi connectivity index (χ4n) is 2.54. The van der Waals surface area contributed by atoms with Crippen molar-refractivity contribution >= 4 is 30.1 Å². The Morgan fingerprint density at radius 2 is 1.36 bits per heavy atom. The Morgan fingerprint density at radius 3 is 1.73 bits per heavy atom. The zero-order chi connectivity index (χ0) is 26.0. The number of carboxylic acid groups (broad SMARTS) is 2. The maximum atomic E-state index is 12.8. The van der Waals surface area contributed by atoms with Crippen LogP contribution in [0.1, 0.15) is 67.2 Å². The van der Waals surface area contributed by atoms with E-state index in [9.17, 15) is 29.1 Å². The maximum Gasteiger partial charge on any atom is 0.420 e. The Morgan fingerprint density at radius 1 is 0.879 bits per heavy atom. The summed E-state index contributed by atoms with van der Waals surface area (Å²) in [5.74, 6) is -4.24. The molecule has 0 saturated heterocycles. The van der Waals surface area contributed by atoms with Gasteiger partial charge in [-0.05, 0) is 60.8 Å². The summed E-state index contributed by atoms with van der Waals surface area (Å²) in [6.45, 7) is 9.57. The first-order valence-corrected chi connectivity index (χ1v) is 10.4. The third-order valence-electron chi connectivity index (χ3n) is 3.93. The van der Waals surface area contributed by atoms with Gasteiger partial charge < -0.3 is 24.4 Å². The van der Waals surface area contributed by atoms with Gasteiger partial charge in [0.1, 0.15) is 17.2 Å². The summed E-state index contributed by atoms with van der Waals surface area (Å²) in [5, 5.41) is 18.0. The lowest BCUT2D eigenvalue weighted by atomic mass is 10.0. The average molecular weight is 474 g/mol. The van der Waals surface area contributed by atoms with E-state index in [1.54, 1.807) is 41.5 Å². The van der Waals surface area contributed by atoms with Gasteiger partial charge in [-0.3, -0.25) is 9.59 Å². The minimum absolute atomic E-state index is 0.0821. The fourth-order valence-corrected chi connectivity index (χ4v) is 2.54. The minimum atomic E-state index is -1.40. The van der Waals surface area contributed by atoms with Crippen LogP contribution in [0.5, 0.6) is 0 Å². The number of aliphatic carboxylic acids is 2. The zero-order valence-electron chi connectivity index (χ0n) is 20.2. The highest BCUT2D eigenvalue weighted by molar-refractivity contribution is 5.94. The molecule has 0 bridgehead atoms.